The second-order valence-corrected chi connectivity index (χ2v) is 3.84. The van der Waals surface area contributed by atoms with Gasteiger partial charge in [-0.3, -0.25) is 4.21 Å². The van der Waals surface area contributed by atoms with Crippen molar-refractivity contribution in [2.24, 2.45) is 0 Å². The lowest BCUT2D eigenvalue weighted by Gasteiger charge is -1.98. The molecule has 2 nitrogen and oxygen atoms in total. The Kier molecular flexibility index (Phi) is 3.71. The molecule has 0 radical (unpaired) electrons. The van der Waals surface area contributed by atoms with Gasteiger partial charge in [-0.05, 0) is 23.8 Å². The summed E-state index contributed by atoms with van der Waals surface area (Å²) in [6.07, 6.45) is 3.47. The number of hydrogen-bond donors (Lipinski definition) is 0. The Bertz CT molecular complexity index is 314. The highest BCUT2D eigenvalue weighted by Gasteiger charge is 1.89. The van der Waals surface area contributed by atoms with Crippen LogP contribution >= 0.6 is 0 Å². The van der Waals surface area contributed by atoms with Gasteiger partial charge in [0.15, 0.2) is 0 Å². The molecule has 0 amide bonds. The van der Waals surface area contributed by atoms with Crippen molar-refractivity contribution in [3.8, 4) is 5.75 Å². The van der Waals surface area contributed by atoms with E-state index in [0.717, 1.165) is 11.3 Å². The lowest BCUT2D eigenvalue weighted by molar-refractivity contribution is 0.415. The first-order chi connectivity index (χ1) is 6.22. The van der Waals surface area contributed by atoms with Crippen molar-refractivity contribution in [1.29, 1.82) is 0 Å². The highest BCUT2D eigenvalue weighted by Crippen LogP contribution is 2.12. The Morgan fingerprint density at radius 1 is 1.31 bits per heavy atom. The van der Waals surface area contributed by atoms with E-state index in [1.807, 2.05) is 30.3 Å². The van der Waals surface area contributed by atoms with E-state index >= 15 is 0 Å². The van der Waals surface area contributed by atoms with E-state index in [2.05, 4.69) is 0 Å². The molecule has 0 fully saturated rings. The molecule has 3 heteroatoms. The Morgan fingerprint density at radius 3 is 2.38 bits per heavy atom. The molecule has 0 N–H and O–H groups in total. The van der Waals surface area contributed by atoms with E-state index in [9.17, 15) is 4.21 Å². The molecule has 13 heavy (non-hydrogen) atoms. The van der Waals surface area contributed by atoms with Crippen molar-refractivity contribution in [3.63, 3.8) is 0 Å². The van der Waals surface area contributed by atoms with Crippen LogP contribution < -0.4 is 4.74 Å². The molecular weight excluding hydrogens is 184 g/mol. The quantitative estimate of drug-likeness (QED) is 0.739. The van der Waals surface area contributed by atoms with Gasteiger partial charge in [-0.1, -0.05) is 12.1 Å². The first-order valence-electron chi connectivity index (χ1n) is 3.87. The van der Waals surface area contributed by atoms with Crippen LogP contribution in [0.3, 0.4) is 0 Å². The van der Waals surface area contributed by atoms with Gasteiger partial charge >= 0.3 is 0 Å². The van der Waals surface area contributed by atoms with Crippen LogP contribution in [0.4, 0.5) is 0 Å². The fourth-order valence-electron chi connectivity index (χ4n) is 0.889. The molecule has 0 spiro atoms. The molecule has 1 atom stereocenters. The summed E-state index contributed by atoms with van der Waals surface area (Å²) >= 11 is 0. The van der Waals surface area contributed by atoms with Crippen LogP contribution in [0.1, 0.15) is 5.56 Å². The molecule has 1 unspecified atom stereocenters. The van der Waals surface area contributed by atoms with Crippen molar-refractivity contribution in [1.82, 2.24) is 0 Å². The van der Waals surface area contributed by atoms with Gasteiger partial charge in [-0.15, -0.1) is 0 Å². The number of hydrogen-bond acceptors (Lipinski definition) is 2. The second kappa shape index (κ2) is 4.82. The van der Waals surface area contributed by atoms with Gasteiger partial charge in [0.05, 0.1) is 7.11 Å². The zero-order valence-electron chi connectivity index (χ0n) is 7.69. The van der Waals surface area contributed by atoms with Crippen molar-refractivity contribution >= 4 is 16.9 Å². The summed E-state index contributed by atoms with van der Waals surface area (Å²) < 4.78 is 15.8. The monoisotopic (exact) mass is 196 g/mol. The molecular formula is C10H12O2S. The Labute approximate surface area is 80.7 Å². The van der Waals surface area contributed by atoms with Crippen molar-refractivity contribution in [2.45, 2.75) is 0 Å². The molecule has 0 aliphatic rings. The van der Waals surface area contributed by atoms with Crippen LogP contribution in [0.15, 0.2) is 29.7 Å². The first-order valence-corrected chi connectivity index (χ1v) is 5.49. The summed E-state index contributed by atoms with van der Waals surface area (Å²) in [6.45, 7) is 0. The minimum atomic E-state index is -0.885. The van der Waals surface area contributed by atoms with Crippen LogP contribution in [-0.4, -0.2) is 17.6 Å². The molecule has 0 saturated carbocycles. The predicted molar refractivity (Wildman–Crippen MR) is 56.1 cm³/mol. The first kappa shape index (κ1) is 9.99. The van der Waals surface area contributed by atoms with E-state index in [1.165, 1.54) is 0 Å². The molecule has 0 aliphatic carbocycles. The second-order valence-electron chi connectivity index (χ2n) is 2.57. The van der Waals surface area contributed by atoms with E-state index in [0.29, 0.717) is 0 Å². The average Bonchev–Trinajstić information content (AvgIpc) is 2.15. The highest BCUT2D eigenvalue weighted by molar-refractivity contribution is 7.87. The number of rotatable bonds is 3. The van der Waals surface area contributed by atoms with Crippen LogP contribution in [-0.2, 0) is 10.8 Å². The summed E-state index contributed by atoms with van der Waals surface area (Å²) in [4.78, 5) is 0. The smallest absolute Gasteiger partial charge is 0.118 e. The van der Waals surface area contributed by atoms with Crippen LogP contribution in [0.5, 0.6) is 5.75 Å². The third-order valence-electron chi connectivity index (χ3n) is 1.57. The van der Waals surface area contributed by atoms with E-state index in [-0.39, 0.29) is 0 Å². The normalized spacial score (nSPS) is 13.1. The Hall–Kier alpha value is -1.09. The molecule has 0 saturated heterocycles. The van der Waals surface area contributed by atoms with Gasteiger partial charge in [0.25, 0.3) is 0 Å². The summed E-state index contributed by atoms with van der Waals surface area (Å²) in [5, 5.41) is 1.65. The topological polar surface area (TPSA) is 26.3 Å². The van der Waals surface area contributed by atoms with Gasteiger partial charge in [0.1, 0.15) is 5.75 Å². The van der Waals surface area contributed by atoms with Crippen molar-refractivity contribution in [2.75, 3.05) is 13.4 Å². The van der Waals surface area contributed by atoms with Crippen LogP contribution in [0, 0.1) is 0 Å². The van der Waals surface area contributed by atoms with Crippen LogP contribution in [0.25, 0.3) is 6.08 Å². The van der Waals surface area contributed by atoms with Gasteiger partial charge in [0, 0.05) is 22.5 Å². The highest BCUT2D eigenvalue weighted by atomic mass is 32.2. The fraction of sp³-hybridized carbons (Fsp3) is 0.200. The molecule has 0 heterocycles. The summed E-state index contributed by atoms with van der Waals surface area (Å²) in [7, 11) is 0.746. The van der Waals surface area contributed by atoms with Crippen LogP contribution in [0.2, 0.25) is 0 Å². The minimum Gasteiger partial charge on any atom is -0.497 e. The van der Waals surface area contributed by atoms with E-state index in [4.69, 9.17) is 4.74 Å². The molecule has 0 aliphatic heterocycles. The Balaban J connectivity index is 2.75. The molecule has 1 rings (SSSR count). The zero-order valence-corrected chi connectivity index (χ0v) is 8.51. The van der Waals surface area contributed by atoms with Crippen molar-refractivity contribution in [3.05, 3.63) is 35.2 Å². The van der Waals surface area contributed by atoms with Gasteiger partial charge < -0.3 is 4.74 Å². The van der Waals surface area contributed by atoms with E-state index in [1.54, 1.807) is 18.8 Å². The van der Waals surface area contributed by atoms with E-state index < -0.39 is 10.8 Å². The molecule has 1 aromatic rings. The predicted octanol–water partition coefficient (Wildman–Crippen LogP) is 2.04. The fourth-order valence-corrected chi connectivity index (χ4v) is 1.24. The number of methoxy groups -OCH3 is 1. The molecule has 1 aromatic carbocycles. The maximum Gasteiger partial charge on any atom is 0.118 e. The third-order valence-corrected chi connectivity index (χ3v) is 2.09. The van der Waals surface area contributed by atoms with Crippen molar-refractivity contribution < 1.29 is 8.95 Å². The summed E-state index contributed by atoms with van der Waals surface area (Å²) in [6, 6.07) is 7.58. The van der Waals surface area contributed by atoms with Gasteiger partial charge in [-0.25, -0.2) is 0 Å². The summed E-state index contributed by atoms with van der Waals surface area (Å²) in [5.74, 6) is 0.828. The standard InChI is InChI=1S/C10H12O2S/c1-12-10-5-3-9(4-6-10)7-8-13(2)11/h3-8H,1-2H3/b8-7-. The molecule has 0 bridgehead atoms. The molecule has 70 valence electrons. The number of ether oxygens (including phenoxy) is 1. The SMILES string of the molecule is COc1ccc(/C=C\S(C)=O)cc1. The largest absolute Gasteiger partial charge is 0.497 e. The van der Waals surface area contributed by atoms with Gasteiger partial charge in [-0.2, -0.15) is 0 Å². The zero-order chi connectivity index (χ0) is 9.68. The third kappa shape index (κ3) is 3.42. The summed E-state index contributed by atoms with van der Waals surface area (Å²) in [5.41, 5.74) is 1.02. The number of benzene rings is 1. The lowest BCUT2D eigenvalue weighted by Crippen LogP contribution is -1.81. The molecule has 0 aromatic heterocycles. The maximum atomic E-state index is 10.7. The van der Waals surface area contributed by atoms with Gasteiger partial charge in [0.2, 0.25) is 0 Å². The maximum absolute atomic E-state index is 10.7. The lowest BCUT2D eigenvalue weighted by atomic mass is 10.2. The Morgan fingerprint density at radius 2 is 1.92 bits per heavy atom. The minimum absolute atomic E-state index is 0.828. The average molecular weight is 196 g/mol.